The lowest BCUT2D eigenvalue weighted by atomic mass is 10.2. The molecule has 1 N–H and O–H groups in total. The summed E-state index contributed by atoms with van der Waals surface area (Å²) in [5, 5.41) is 3.97. The van der Waals surface area contributed by atoms with Gasteiger partial charge in [-0.3, -0.25) is 4.55 Å². The summed E-state index contributed by atoms with van der Waals surface area (Å²) in [7, 11) is 4.58. The highest BCUT2D eigenvalue weighted by molar-refractivity contribution is 7.81. The maximum Gasteiger partial charge on any atom is 0.345 e. The molecule has 2 aromatic rings. The Morgan fingerprint density at radius 2 is 2.09 bits per heavy atom. The summed E-state index contributed by atoms with van der Waals surface area (Å²) in [5.41, 5.74) is 1.18. The molecule has 1 heterocycles. The molecule has 0 saturated carbocycles. The highest BCUT2D eigenvalue weighted by Gasteiger charge is 2.24. The first-order valence-electron chi connectivity index (χ1n) is 6.54. The molecule has 1 unspecified atom stereocenters. The Kier molecular flexibility index (Phi) is 4.96. The molecule has 2 rings (SSSR count). The quantitative estimate of drug-likeness (QED) is 0.845. The zero-order chi connectivity index (χ0) is 17.1. The lowest BCUT2D eigenvalue weighted by Crippen LogP contribution is -2.28. The van der Waals surface area contributed by atoms with Crippen molar-refractivity contribution in [2.24, 2.45) is 0 Å². The minimum absolute atomic E-state index is 0.0927. The van der Waals surface area contributed by atoms with E-state index in [2.05, 4.69) is 10.1 Å². The summed E-state index contributed by atoms with van der Waals surface area (Å²) >= 11 is -2.45. The van der Waals surface area contributed by atoms with Crippen molar-refractivity contribution in [3.63, 3.8) is 0 Å². The Morgan fingerprint density at radius 3 is 2.65 bits per heavy atom. The van der Waals surface area contributed by atoms with Crippen LogP contribution in [0.25, 0.3) is 0 Å². The van der Waals surface area contributed by atoms with Crippen molar-refractivity contribution >= 4 is 28.9 Å². The molecule has 0 spiro atoms. The van der Waals surface area contributed by atoms with Gasteiger partial charge >= 0.3 is 6.03 Å². The fraction of sp³-hybridized carbons (Fsp3) is 0.308. The van der Waals surface area contributed by atoms with Crippen LogP contribution in [0.3, 0.4) is 0 Å². The maximum atomic E-state index is 11.9. The number of aromatic nitrogens is 3. The summed E-state index contributed by atoms with van der Waals surface area (Å²) in [6.45, 7) is 1.84. The molecule has 124 valence electrons. The number of hydrogen-bond acceptors (Lipinski definition) is 5. The van der Waals surface area contributed by atoms with E-state index in [1.54, 1.807) is 26.2 Å². The molecule has 0 aliphatic heterocycles. The topological polar surface area (TPSA) is 101 Å². The van der Waals surface area contributed by atoms with Crippen molar-refractivity contribution in [3.8, 4) is 5.75 Å². The zero-order valence-electron chi connectivity index (χ0n) is 13.1. The predicted molar refractivity (Wildman–Crippen MR) is 85.1 cm³/mol. The van der Waals surface area contributed by atoms with E-state index in [9.17, 15) is 13.6 Å². The predicted octanol–water partition coefficient (Wildman–Crippen LogP) is 1.40. The van der Waals surface area contributed by atoms with Gasteiger partial charge in [0.05, 0.1) is 7.11 Å². The van der Waals surface area contributed by atoms with Crippen molar-refractivity contribution in [2.45, 2.75) is 6.92 Å². The number of rotatable bonds is 4. The molecule has 0 aliphatic rings. The SMILES string of the molecule is COc1ccc(C)cc1N(c1ncn(C(=O)N(C)C)n1)S(=O)O. The molecule has 0 radical (unpaired) electrons. The summed E-state index contributed by atoms with van der Waals surface area (Å²) in [6, 6.07) is 4.72. The largest absolute Gasteiger partial charge is 0.495 e. The highest BCUT2D eigenvalue weighted by atomic mass is 32.2. The van der Waals surface area contributed by atoms with Crippen molar-refractivity contribution in [3.05, 3.63) is 30.1 Å². The van der Waals surface area contributed by atoms with Gasteiger partial charge in [0.1, 0.15) is 17.8 Å². The lowest BCUT2D eigenvalue weighted by Gasteiger charge is -2.19. The second-order valence-corrected chi connectivity index (χ2v) is 5.69. The first kappa shape index (κ1) is 16.9. The van der Waals surface area contributed by atoms with Crippen LogP contribution < -0.4 is 9.04 Å². The second kappa shape index (κ2) is 6.75. The molecule has 0 bridgehead atoms. The molecule has 9 nitrogen and oxygen atoms in total. The number of anilines is 2. The Hall–Kier alpha value is -2.46. The summed E-state index contributed by atoms with van der Waals surface area (Å²) in [5.74, 6) is 0.290. The maximum absolute atomic E-state index is 11.9. The average Bonchev–Trinajstić information content (AvgIpc) is 2.95. The van der Waals surface area contributed by atoms with Crippen LogP contribution in [0.15, 0.2) is 24.5 Å². The number of nitrogens with zero attached hydrogens (tertiary/aromatic N) is 5. The van der Waals surface area contributed by atoms with Gasteiger partial charge in [-0.15, -0.1) is 5.10 Å². The minimum atomic E-state index is -2.45. The zero-order valence-corrected chi connectivity index (χ0v) is 13.9. The third kappa shape index (κ3) is 3.48. The monoisotopic (exact) mass is 339 g/mol. The van der Waals surface area contributed by atoms with Crippen LogP contribution in [0.2, 0.25) is 0 Å². The molecule has 23 heavy (non-hydrogen) atoms. The number of ether oxygens (including phenoxy) is 1. The van der Waals surface area contributed by atoms with Crippen molar-refractivity contribution in [2.75, 3.05) is 25.5 Å². The van der Waals surface area contributed by atoms with Gasteiger partial charge < -0.3 is 9.64 Å². The summed E-state index contributed by atoms with van der Waals surface area (Å²) in [6.07, 6.45) is 1.18. The first-order chi connectivity index (χ1) is 10.8. The number of amides is 1. The Bertz CT molecular complexity index is 746. The molecular formula is C13H17N5O4S. The highest BCUT2D eigenvalue weighted by Crippen LogP contribution is 2.33. The van der Waals surface area contributed by atoms with Crippen LogP contribution in [-0.2, 0) is 11.3 Å². The number of aryl methyl sites for hydroxylation is 1. The minimum Gasteiger partial charge on any atom is -0.495 e. The van der Waals surface area contributed by atoms with E-state index < -0.39 is 17.3 Å². The Balaban J connectivity index is 2.50. The molecule has 10 heteroatoms. The third-order valence-corrected chi connectivity index (χ3v) is 3.62. The van der Waals surface area contributed by atoms with Crippen molar-refractivity contribution in [1.29, 1.82) is 0 Å². The smallest absolute Gasteiger partial charge is 0.345 e. The molecular weight excluding hydrogens is 322 g/mol. The van der Waals surface area contributed by atoms with E-state index >= 15 is 0 Å². The normalized spacial score (nSPS) is 11.9. The van der Waals surface area contributed by atoms with Crippen LogP contribution in [0.1, 0.15) is 5.56 Å². The lowest BCUT2D eigenvalue weighted by molar-refractivity contribution is 0.216. The van der Waals surface area contributed by atoms with Crippen LogP contribution >= 0.6 is 0 Å². The third-order valence-electron chi connectivity index (χ3n) is 2.95. The van der Waals surface area contributed by atoms with Gasteiger partial charge in [0.25, 0.3) is 17.2 Å². The van der Waals surface area contributed by atoms with Crippen LogP contribution in [0, 0.1) is 6.92 Å². The van der Waals surface area contributed by atoms with E-state index in [0.717, 1.165) is 14.6 Å². The Morgan fingerprint density at radius 1 is 1.39 bits per heavy atom. The van der Waals surface area contributed by atoms with Gasteiger partial charge in [-0.25, -0.2) is 9.00 Å². The van der Waals surface area contributed by atoms with E-state index in [0.29, 0.717) is 11.4 Å². The summed E-state index contributed by atoms with van der Waals surface area (Å²) < 4.78 is 28.6. The van der Waals surface area contributed by atoms with E-state index in [1.165, 1.54) is 18.3 Å². The number of benzene rings is 1. The van der Waals surface area contributed by atoms with Gasteiger partial charge in [0, 0.05) is 14.1 Å². The van der Waals surface area contributed by atoms with Gasteiger partial charge in [0.15, 0.2) is 0 Å². The van der Waals surface area contributed by atoms with Crippen LogP contribution in [0.4, 0.5) is 16.4 Å². The molecule has 1 amide bonds. The second-order valence-electron chi connectivity index (χ2n) is 4.87. The van der Waals surface area contributed by atoms with Gasteiger partial charge in [-0.05, 0) is 24.6 Å². The van der Waals surface area contributed by atoms with E-state index in [4.69, 9.17) is 4.74 Å². The van der Waals surface area contributed by atoms with Gasteiger partial charge in [-0.1, -0.05) is 6.07 Å². The fourth-order valence-corrected chi connectivity index (χ4v) is 2.40. The van der Waals surface area contributed by atoms with Crippen LogP contribution in [-0.4, -0.2) is 55.7 Å². The molecule has 0 saturated heterocycles. The Labute approximate surface area is 135 Å². The van der Waals surface area contributed by atoms with Gasteiger partial charge in [-0.2, -0.15) is 14.0 Å². The standard InChI is InChI=1S/C13H17N5O4S/c1-9-5-6-11(22-4)10(7-9)18(23(20)21)12-14-8-17(15-12)13(19)16(2)3/h5-8H,1-4H3,(H,20,21). The molecule has 1 atom stereocenters. The number of hydrogen-bond donors (Lipinski definition) is 1. The van der Waals surface area contributed by atoms with E-state index in [1.807, 2.05) is 13.0 Å². The number of methoxy groups -OCH3 is 1. The number of carbonyl (C=O) groups is 1. The fourth-order valence-electron chi connectivity index (χ4n) is 1.86. The molecule has 1 aromatic carbocycles. The molecule has 0 aliphatic carbocycles. The molecule has 1 aromatic heterocycles. The van der Waals surface area contributed by atoms with E-state index in [-0.39, 0.29) is 5.95 Å². The average molecular weight is 339 g/mol. The summed E-state index contributed by atoms with van der Waals surface area (Å²) in [4.78, 5) is 17.1. The van der Waals surface area contributed by atoms with Crippen LogP contribution in [0.5, 0.6) is 5.75 Å². The van der Waals surface area contributed by atoms with Crippen molar-refractivity contribution < 1.29 is 18.3 Å². The molecule has 0 fully saturated rings. The van der Waals surface area contributed by atoms with Crippen molar-refractivity contribution in [1.82, 2.24) is 19.7 Å². The number of carbonyl (C=O) groups excluding carboxylic acids is 1. The first-order valence-corrected chi connectivity index (χ1v) is 7.60. The van der Waals surface area contributed by atoms with Gasteiger partial charge in [0.2, 0.25) is 0 Å².